The summed E-state index contributed by atoms with van der Waals surface area (Å²) in [5, 5.41) is 11.6. The first-order chi connectivity index (χ1) is 10.0. The maximum Gasteiger partial charge on any atom is 0.187 e. The Kier molecular flexibility index (Phi) is 3.13. The third-order valence-electron chi connectivity index (χ3n) is 3.38. The summed E-state index contributed by atoms with van der Waals surface area (Å²) in [6.45, 7) is 4.05. The average Bonchev–Trinajstić information content (AvgIpc) is 2.90. The van der Waals surface area contributed by atoms with Gasteiger partial charge >= 0.3 is 0 Å². The molecule has 0 aliphatic carbocycles. The van der Waals surface area contributed by atoms with Crippen molar-refractivity contribution in [3.63, 3.8) is 0 Å². The van der Waals surface area contributed by atoms with Crippen LogP contribution in [0.15, 0.2) is 36.4 Å². The molecule has 6 heteroatoms. The molecule has 0 aliphatic rings. The number of tetrazole rings is 1. The predicted molar refractivity (Wildman–Crippen MR) is 78.4 cm³/mol. The van der Waals surface area contributed by atoms with E-state index in [4.69, 9.17) is 5.73 Å². The van der Waals surface area contributed by atoms with Crippen LogP contribution in [0.25, 0.3) is 17.1 Å². The second-order valence-electron chi connectivity index (χ2n) is 4.96. The van der Waals surface area contributed by atoms with Gasteiger partial charge in [0.2, 0.25) is 0 Å². The molecule has 0 spiro atoms. The first-order valence-electron chi connectivity index (χ1n) is 6.47. The highest BCUT2D eigenvalue weighted by Crippen LogP contribution is 2.23. The van der Waals surface area contributed by atoms with Crippen molar-refractivity contribution in [3.05, 3.63) is 53.3 Å². The Bertz CT molecular complexity index is 789. The van der Waals surface area contributed by atoms with Crippen LogP contribution in [0.2, 0.25) is 0 Å². The number of aryl methyl sites for hydroxylation is 2. The molecule has 0 atom stereocenters. The zero-order valence-corrected chi connectivity index (χ0v) is 11.7. The van der Waals surface area contributed by atoms with Gasteiger partial charge in [-0.15, -0.1) is 5.10 Å². The smallest absolute Gasteiger partial charge is 0.187 e. The average molecular weight is 283 g/mol. The lowest BCUT2D eigenvalue weighted by Gasteiger charge is -2.08. The van der Waals surface area contributed by atoms with Gasteiger partial charge in [-0.2, -0.15) is 4.68 Å². The van der Waals surface area contributed by atoms with Crippen molar-refractivity contribution in [3.8, 4) is 17.1 Å². The van der Waals surface area contributed by atoms with Crippen molar-refractivity contribution >= 4 is 5.69 Å². The Balaban J connectivity index is 2.14. The molecule has 1 heterocycles. The van der Waals surface area contributed by atoms with E-state index in [2.05, 4.69) is 15.5 Å². The molecule has 21 heavy (non-hydrogen) atoms. The van der Waals surface area contributed by atoms with E-state index in [9.17, 15) is 4.39 Å². The number of rotatable bonds is 2. The van der Waals surface area contributed by atoms with Gasteiger partial charge in [0.15, 0.2) is 5.82 Å². The molecule has 2 N–H and O–H groups in total. The third-order valence-corrected chi connectivity index (χ3v) is 3.38. The van der Waals surface area contributed by atoms with Crippen LogP contribution < -0.4 is 5.73 Å². The molecular weight excluding hydrogens is 269 g/mol. The van der Waals surface area contributed by atoms with Crippen LogP contribution in [-0.2, 0) is 0 Å². The Morgan fingerprint density at radius 1 is 1.05 bits per heavy atom. The van der Waals surface area contributed by atoms with E-state index < -0.39 is 5.82 Å². The normalized spacial score (nSPS) is 10.8. The fraction of sp³-hybridized carbons (Fsp3) is 0.133. The van der Waals surface area contributed by atoms with Crippen molar-refractivity contribution in [2.24, 2.45) is 0 Å². The van der Waals surface area contributed by atoms with Crippen LogP contribution in [0.5, 0.6) is 0 Å². The molecule has 0 aliphatic heterocycles. The highest BCUT2D eigenvalue weighted by atomic mass is 19.1. The molecule has 0 bridgehead atoms. The maximum absolute atomic E-state index is 13.5. The lowest BCUT2D eigenvalue weighted by Crippen LogP contribution is -2.01. The first kappa shape index (κ1) is 13.2. The van der Waals surface area contributed by atoms with Crippen molar-refractivity contribution < 1.29 is 4.39 Å². The fourth-order valence-electron chi connectivity index (χ4n) is 2.14. The molecular formula is C15H14FN5. The molecule has 106 valence electrons. The zero-order chi connectivity index (χ0) is 15.0. The number of nitrogens with two attached hydrogens (primary N) is 1. The second kappa shape index (κ2) is 4.97. The number of nitrogens with zero attached hydrogens (tertiary/aromatic N) is 4. The highest BCUT2D eigenvalue weighted by Gasteiger charge is 2.12. The highest BCUT2D eigenvalue weighted by molar-refractivity contribution is 5.63. The van der Waals surface area contributed by atoms with Crippen LogP contribution in [-0.4, -0.2) is 20.2 Å². The molecule has 0 unspecified atom stereocenters. The van der Waals surface area contributed by atoms with Crippen molar-refractivity contribution in [1.29, 1.82) is 0 Å². The van der Waals surface area contributed by atoms with Gasteiger partial charge in [-0.3, -0.25) is 0 Å². The quantitative estimate of drug-likeness (QED) is 0.734. The molecule has 3 aromatic rings. The van der Waals surface area contributed by atoms with Gasteiger partial charge in [0.25, 0.3) is 0 Å². The number of halogens is 1. The van der Waals surface area contributed by atoms with Crippen LogP contribution >= 0.6 is 0 Å². The summed E-state index contributed by atoms with van der Waals surface area (Å²) in [6.07, 6.45) is 0. The molecule has 3 rings (SSSR count). The summed E-state index contributed by atoms with van der Waals surface area (Å²) in [6, 6.07) is 10.2. The summed E-state index contributed by atoms with van der Waals surface area (Å²) in [5.74, 6) is 0.0316. The number of hydrogen-bond acceptors (Lipinski definition) is 4. The SMILES string of the molecule is Cc1ccc(-n2nnnc2-c2cc(N)cc(F)c2)cc1C. The first-order valence-corrected chi connectivity index (χ1v) is 6.47. The van der Waals surface area contributed by atoms with Crippen molar-refractivity contribution in [1.82, 2.24) is 20.2 Å². The van der Waals surface area contributed by atoms with Gasteiger partial charge in [-0.25, -0.2) is 4.39 Å². The van der Waals surface area contributed by atoms with Gasteiger partial charge in [-0.1, -0.05) is 6.07 Å². The third kappa shape index (κ3) is 2.47. The van der Waals surface area contributed by atoms with Gasteiger partial charge in [0.05, 0.1) is 5.69 Å². The topological polar surface area (TPSA) is 69.6 Å². The minimum absolute atomic E-state index is 0.333. The van der Waals surface area contributed by atoms with Crippen LogP contribution in [0.4, 0.5) is 10.1 Å². The Labute approximate surface area is 121 Å². The van der Waals surface area contributed by atoms with E-state index in [-0.39, 0.29) is 0 Å². The molecule has 2 aromatic carbocycles. The minimum atomic E-state index is -0.417. The lowest BCUT2D eigenvalue weighted by molar-refractivity contribution is 0.628. The molecule has 1 aromatic heterocycles. The summed E-state index contributed by atoms with van der Waals surface area (Å²) in [5.41, 5.74) is 9.69. The Morgan fingerprint density at radius 3 is 2.57 bits per heavy atom. The monoisotopic (exact) mass is 283 g/mol. The lowest BCUT2D eigenvalue weighted by atomic mass is 10.1. The van der Waals surface area contributed by atoms with E-state index in [1.807, 2.05) is 32.0 Å². The van der Waals surface area contributed by atoms with Gasteiger partial charge in [0, 0.05) is 11.3 Å². The molecule has 0 saturated heterocycles. The Morgan fingerprint density at radius 2 is 1.86 bits per heavy atom. The Hall–Kier alpha value is -2.76. The van der Waals surface area contributed by atoms with Crippen molar-refractivity contribution in [2.45, 2.75) is 13.8 Å². The van der Waals surface area contributed by atoms with E-state index in [0.29, 0.717) is 17.1 Å². The van der Waals surface area contributed by atoms with Gasteiger partial charge in [0.1, 0.15) is 5.82 Å². The second-order valence-corrected chi connectivity index (χ2v) is 4.96. The summed E-state index contributed by atoms with van der Waals surface area (Å²) in [4.78, 5) is 0. The fourth-order valence-corrected chi connectivity index (χ4v) is 2.14. The van der Waals surface area contributed by atoms with Crippen LogP contribution in [0, 0.1) is 19.7 Å². The molecule has 0 radical (unpaired) electrons. The van der Waals surface area contributed by atoms with E-state index in [1.165, 1.54) is 17.7 Å². The zero-order valence-electron chi connectivity index (χ0n) is 11.7. The minimum Gasteiger partial charge on any atom is -0.399 e. The summed E-state index contributed by atoms with van der Waals surface area (Å²) in [7, 11) is 0. The predicted octanol–water partition coefficient (Wildman–Crippen LogP) is 2.67. The van der Waals surface area contributed by atoms with Crippen LogP contribution in [0.1, 0.15) is 11.1 Å². The maximum atomic E-state index is 13.5. The largest absolute Gasteiger partial charge is 0.399 e. The number of benzene rings is 2. The molecule has 0 amide bonds. The standard InChI is InChI=1S/C15H14FN5/c1-9-3-4-14(5-10(9)2)21-15(18-19-20-21)11-6-12(16)8-13(17)7-11/h3-8H,17H2,1-2H3. The summed E-state index contributed by atoms with van der Waals surface area (Å²) < 4.78 is 15.1. The number of aromatic nitrogens is 4. The van der Waals surface area contributed by atoms with E-state index in [1.54, 1.807) is 10.7 Å². The molecule has 0 saturated carbocycles. The summed E-state index contributed by atoms with van der Waals surface area (Å²) >= 11 is 0. The van der Waals surface area contributed by atoms with Gasteiger partial charge < -0.3 is 5.73 Å². The molecule has 5 nitrogen and oxygen atoms in total. The number of hydrogen-bond donors (Lipinski definition) is 1. The molecule has 0 fully saturated rings. The van der Waals surface area contributed by atoms with Crippen molar-refractivity contribution in [2.75, 3.05) is 5.73 Å². The number of nitrogen functional groups attached to an aromatic ring is 1. The van der Waals surface area contributed by atoms with Crippen LogP contribution in [0.3, 0.4) is 0 Å². The number of anilines is 1. The van der Waals surface area contributed by atoms with E-state index in [0.717, 1.165) is 11.3 Å². The van der Waals surface area contributed by atoms with E-state index >= 15 is 0 Å². The van der Waals surface area contributed by atoms with Gasteiger partial charge in [-0.05, 0) is 65.7 Å².